The van der Waals surface area contributed by atoms with Crippen LogP contribution in [0.25, 0.3) is 0 Å². The first kappa shape index (κ1) is 21.1. The van der Waals surface area contributed by atoms with Crippen LogP contribution in [0.15, 0.2) is 65.3 Å². The maximum Gasteiger partial charge on any atom is 0.293 e. The van der Waals surface area contributed by atoms with Crippen molar-refractivity contribution in [2.45, 2.75) is 19.3 Å². The van der Waals surface area contributed by atoms with Gasteiger partial charge in [-0.2, -0.15) is 0 Å². The molecule has 1 aliphatic heterocycles. The Hall–Kier alpha value is -4.14. The van der Waals surface area contributed by atoms with Crippen LogP contribution in [0.1, 0.15) is 40.2 Å². The third-order valence-electron chi connectivity index (χ3n) is 5.28. The average Bonchev–Trinajstić information content (AvgIpc) is 3.36. The molecule has 0 unspecified atom stereocenters. The highest BCUT2D eigenvalue weighted by Gasteiger charge is 2.23. The predicted octanol–water partition coefficient (Wildman–Crippen LogP) is 4.68. The van der Waals surface area contributed by atoms with E-state index >= 15 is 0 Å². The minimum absolute atomic E-state index is 0.0736. The lowest BCUT2D eigenvalue weighted by molar-refractivity contribution is -0.384. The topological polar surface area (TPSA) is 118 Å². The van der Waals surface area contributed by atoms with Crippen LogP contribution in [-0.4, -0.2) is 29.8 Å². The number of anilines is 3. The molecule has 164 valence electrons. The Morgan fingerprint density at radius 2 is 1.56 bits per heavy atom. The van der Waals surface area contributed by atoms with Gasteiger partial charge in [0.15, 0.2) is 5.76 Å². The molecule has 0 radical (unpaired) electrons. The van der Waals surface area contributed by atoms with Gasteiger partial charge in [-0.05, 0) is 67.8 Å². The van der Waals surface area contributed by atoms with E-state index in [0.717, 1.165) is 32.4 Å². The van der Waals surface area contributed by atoms with Crippen LogP contribution in [0.3, 0.4) is 0 Å². The van der Waals surface area contributed by atoms with Crippen molar-refractivity contribution in [3.8, 4) is 0 Å². The highest BCUT2D eigenvalue weighted by atomic mass is 16.6. The second kappa shape index (κ2) is 9.34. The molecule has 1 aromatic heterocycles. The molecule has 0 bridgehead atoms. The number of rotatable bonds is 6. The first-order valence-electron chi connectivity index (χ1n) is 10.3. The van der Waals surface area contributed by atoms with Gasteiger partial charge >= 0.3 is 0 Å². The number of carbonyl (C=O) groups excluding carboxylic acids is 2. The minimum atomic E-state index is -0.453. The van der Waals surface area contributed by atoms with Crippen LogP contribution in [0.2, 0.25) is 0 Å². The van der Waals surface area contributed by atoms with Crippen molar-refractivity contribution in [1.82, 2.24) is 0 Å². The summed E-state index contributed by atoms with van der Waals surface area (Å²) >= 11 is 0. The summed E-state index contributed by atoms with van der Waals surface area (Å²) in [5, 5.41) is 17.0. The highest BCUT2D eigenvalue weighted by molar-refractivity contribution is 6.05. The molecule has 0 atom stereocenters. The fraction of sp³-hybridized carbons (Fsp3) is 0.217. The van der Waals surface area contributed by atoms with Gasteiger partial charge in [0.1, 0.15) is 5.69 Å². The number of nitro groups is 1. The van der Waals surface area contributed by atoms with Gasteiger partial charge in [0, 0.05) is 36.1 Å². The van der Waals surface area contributed by atoms with Crippen LogP contribution in [0.5, 0.6) is 0 Å². The Bertz CT molecular complexity index is 1120. The number of nitrogens with zero attached hydrogens (tertiary/aromatic N) is 2. The van der Waals surface area contributed by atoms with E-state index in [1.54, 1.807) is 48.5 Å². The van der Waals surface area contributed by atoms with Gasteiger partial charge in [0.2, 0.25) is 0 Å². The van der Waals surface area contributed by atoms with Gasteiger partial charge in [-0.15, -0.1) is 0 Å². The minimum Gasteiger partial charge on any atom is -0.459 e. The SMILES string of the molecule is O=C(Nc1ccc(NC(=O)c2ccco2)cc1)c1ccc(N2CCCCC2)c([N+](=O)[O-])c1. The first-order valence-corrected chi connectivity index (χ1v) is 10.3. The van der Waals surface area contributed by atoms with E-state index in [1.807, 2.05) is 4.90 Å². The third kappa shape index (κ3) is 4.77. The van der Waals surface area contributed by atoms with Crippen molar-refractivity contribution in [2.24, 2.45) is 0 Å². The van der Waals surface area contributed by atoms with Crippen molar-refractivity contribution in [3.63, 3.8) is 0 Å². The van der Waals surface area contributed by atoms with Gasteiger partial charge < -0.3 is 20.0 Å². The van der Waals surface area contributed by atoms with E-state index in [0.29, 0.717) is 17.1 Å². The fourth-order valence-electron chi connectivity index (χ4n) is 3.65. The molecular formula is C23H22N4O5. The fourth-order valence-corrected chi connectivity index (χ4v) is 3.65. The van der Waals surface area contributed by atoms with Gasteiger partial charge in [-0.1, -0.05) is 0 Å². The van der Waals surface area contributed by atoms with Crippen LogP contribution in [0.4, 0.5) is 22.7 Å². The summed E-state index contributed by atoms with van der Waals surface area (Å²) in [5.74, 6) is -0.643. The Morgan fingerprint density at radius 1 is 0.906 bits per heavy atom. The Morgan fingerprint density at radius 3 is 2.16 bits per heavy atom. The lowest BCUT2D eigenvalue weighted by Crippen LogP contribution is -2.30. The largest absolute Gasteiger partial charge is 0.459 e. The number of nitro benzene ring substituents is 1. The molecule has 2 heterocycles. The van der Waals surface area contributed by atoms with E-state index in [2.05, 4.69) is 10.6 Å². The molecule has 9 heteroatoms. The van der Waals surface area contributed by atoms with Gasteiger partial charge in [0.25, 0.3) is 17.5 Å². The van der Waals surface area contributed by atoms with E-state index in [4.69, 9.17) is 4.42 Å². The summed E-state index contributed by atoms with van der Waals surface area (Å²) in [4.78, 5) is 37.8. The number of amides is 2. The Balaban J connectivity index is 1.44. The zero-order chi connectivity index (χ0) is 22.5. The lowest BCUT2D eigenvalue weighted by Gasteiger charge is -2.28. The normalized spacial score (nSPS) is 13.4. The number of hydrogen-bond acceptors (Lipinski definition) is 6. The molecule has 0 saturated carbocycles. The molecule has 0 spiro atoms. The molecular weight excluding hydrogens is 412 g/mol. The Kier molecular flexibility index (Phi) is 6.16. The first-order chi connectivity index (χ1) is 15.5. The summed E-state index contributed by atoms with van der Waals surface area (Å²) in [5.41, 5.74) is 1.70. The standard InChI is InChI=1S/C23H22N4O5/c28-22(16-6-11-19(20(15-16)27(30)31)26-12-2-1-3-13-26)24-17-7-9-18(10-8-17)25-23(29)21-5-4-14-32-21/h4-11,14-15H,1-3,12-13H2,(H,24,28)(H,25,29). The predicted molar refractivity (Wildman–Crippen MR) is 120 cm³/mol. The maximum atomic E-state index is 12.7. The monoisotopic (exact) mass is 434 g/mol. The third-order valence-corrected chi connectivity index (χ3v) is 5.28. The number of furan rings is 1. The maximum absolute atomic E-state index is 12.7. The van der Waals surface area contributed by atoms with Crippen molar-refractivity contribution < 1.29 is 18.9 Å². The molecule has 1 fully saturated rings. The van der Waals surface area contributed by atoms with E-state index in [-0.39, 0.29) is 22.9 Å². The number of carbonyl (C=O) groups is 2. The zero-order valence-electron chi connectivity index (χ0n) is 17.2. The van der Waals surface area contributed by atoms with Gasteiger partial charge in [-0.25, -0.2) is 0 Å². The van der Waals surface area contributed by atoms with Crippen LogP contribution in [0, 0.1) is 10.1 Å². The number of piperidine rings is 1. The van der Waals surface area contributed by atoms with Crippen molar-refractivity contribution in [2.75, 3.05) is 28.6 Å². The lowest BCUT2D eigenvalue weighted by atomic mass is 10.1. The number of benzene rings is 2. The second-order valence-corrected chi connectivity index (χ2v) is 7.47. The molecule has 9 nitrogen and oxygen atoms in total. The summed E-state index contributed by atoms with van der Waals surface area (Å²) in [6, 6.07) is 14.3. The molecule has 3 aromatic rings. The molecule has 1 aliphatic rings. The molecule has 2 aromatic carbocycles. The van der Waals surface area contributed by atoms with Crippen molar-refractivity contribution in [1.29, 1.82) is 0 Å². The quantitative estimate of drug-likeness (QED) is 0.430. The number of nitrogens with one attached hydrogen (secondary N) is 2. The van der Waals surface area contributed by atoms with Gasteiger partial charge in [0.05, 0.1) is 11.2 Å². The van der Waals surface area contributed by atoms with E-state index in [1.165, 1.54) is 12.3 Å². The highest BCUT2D eigenvalue weighted by Crippen LogP contribution is 2.31. The molecule has 4 rings (SSSR count). The smallest absolute Gasteiger partial charge is 0.293 e. The van der Waals surface area contributed by atoms with Crippen LogP contribution in [-0.2, 0) is 0 Å². The van der Waals surface area contributed by atoms with Crippen LogP contribution >= 0.6 is 0 Å². The zero-order valence-corrected chi connectivity index (χ0v) is 17.2. The molecule has 32 heavy (non-hydrogen) atoms. The molecule has 2 N–H and O–H groups in total. The summed E-state index contributed by atoms with van der Waals surface area (Å²) in [7, 11) is 0. The average molecular weight is 434 g/mol. The van der Waals surface area contributed by atoms with Crippen molar-refractivity contribution >= 4 is 34.6 Å². The van der Waals surface area contributed by atoms with Gasteiger partial charge in [-0.3, -0.25) is 19.7 Å². The molecule has 2 amide bonds. The van der Waals surface area contributed by atoms with E-state index < -0.39 is 10.8 Å². The van der Waals surface area contributed by atoms with Crippen molar-refractivity contribution in [3.05, 3.63) is 82.3 Å². The summed E-state index contributed by atoms with van der Waals surface area (Å²) < 4.78 is 5.05. The van der Waals surface area contributed by atoms with Crippen LogP contribution < -0.4 is 15.5 Å². The molecule has 1 saturated heterocycles. The van der Waals surface area contributed by atoms with E-state index in [9.17, 15) is 19.7 Å². The number of hydrogen-bond donors (Lipinski definition) is 2. The second-order valence-electron chi connectivity index (χ2n) is 7.47. The summed E-state index contributed by atoms with van der Waals surface area (Å²) in [6.07, 6.45) is 4.53. The Labute approximate surface area is 184 Å². The molecule has 0 aliphatic carbocycles. The summed E-state index contributed by atoms with van der Waals surface area (Å²) in [6.45, 7) is 1.55.